The van der Waals surface area contributed by atoms with Crippen molar-refractivity contribution in [1.29, 1.82) is 0 Å². The molecular weight excluding hydrogens is 324 g/mol. The monoisotopic (exact) mass is 346 g/mol. The third-order valence-corrected chi connectivity index (χ3v) is 4.80. The lowest BCUT2D eigenvalue weighted by Gasteiger charge is -2.10. The molecule has 0 unspecified atom stereocenters. The molecule has 0 saturated heterocycles. The normalized spacial score (nSPS) is 13.6. The average molecular weight is 346 g/mol. The first-order valence-corrected chi connectivity index (χ1v) is 9.02. The minimum absolute atomic E-state index is 0.0767. The smallest absolute Gasteiger partial charge is 0.269 e. The van der Waals surface area contributed by atoms with E-state index in [9.17, 15) is 4.79 Å². The first-order valence-electron chi connectivity index (χ1n) is 9.02. The van der Waals surface area contributed by atoms with Gasteiger partial charge in [0, 0.05) is 25.1 Å². The van der Waals surface area contributed by atoms with Gasteiger partial charge in [-0.05, 0) is 73.1 Å². The number of aryl methyl sites for hydroxylation is 1. The fourth-order valence-corrected chi connectivity index (χ4v) is 2.94. The van der Waals surface area contributed by atoms with Crippen molar-refractivity contribution in [2.75, 3.05) is 6.54 Å². The molecule has 5 nitrogen and oxygen atoms in total. The summed E-state index contributed by atoms with van der Waals surface area (Å²) in [4.78, 5) is 16.6. The molecule has 1 aliphatic rings. The SMILES string of the molecule is Cc1cnc(C(=O)NCC2CC2)cc1Cc1ccc(-n2cccn2)cc1. The number of aromatic nitrogens is 3. The van der Waals surface area contributed by atoms with Crippen molar-refractivity contribution >= 4 is 5.91 Å². The van der Waals surface area contributed by atoms with Gasteiger partial charge in [0.15, 0.2) is 0 Å². The van der Waals surface area contributed by atoms with Crippen LogP contribution in [-0.4, -0.2) is 27.2 Å². The van der Waals surface area contributed by atoms with Crippen LogP contribution in [0.2, 0.25) is 0 Å². The first kappa shape index (κ1) is 16.5. The number of nitrogens with zero attached hydrogens (tertiary/aromatic N) is 3. The van der Waals surface area contributed by atoms with Gasteiger partial charge in [-0.15, -0.1) is 0 Å². The number of carbonyl (C=O) groups excluding carboxylic acids is 1. The molecule has 1 aromatic carbocycles. The van der Waals surface area contributed by atoms with Crippen molar-refractivity contribution in [2.24, 2.45) is 5.92 Å². The predicted octanol–water partition coefficient (Wildman–Crippen LogP) is 3.31. The van der Waals surface area contributed by atoms with E-state index in [1.54, 1.807) is 12.4 Å². The van der Waals surface area contributed by atoms with Gasteiger partial charge in [0.2, 0.25) is 0 Å². The fraction of sp³-hybridized carbons (Fsp3) is 0.286. The van der Waals surface area contributed by atoms with Crippen molar-refractivity contribution in [2.45, 2.75) is 26.2 Å². The summed E-state index contributed by atoms with van der Waals surface area (Å²) in [5.74, 6) is 0.587. The third-order valence-electron chi connectivity index (χ3n) is 4.80. The summed E-state index contributed by atoms with van der Waals surface area (Å²) in [7, 11) is 0. The van der Waals surface area contributed by atoms with Crippen LogP contribution >= 0.6 is 0 Å². The molecule has 0 bridgehead atoms. The Morgan fingerprint density at radius 2 is 2.08 bits per heavy atom. The summed E-state index contributed by atoms with van der Waals surface area (Å²) in [6.45, 7) is 2.80. The summed E-state index contributed by atoms with van der Waals surface area (Å²) in [6.07, 6.45) is 8.71. The highest BCUT2D eigenvalue weighted by Gasteiger charge is 2.22. The Labute approximate surface area is 153 Å². The van der Waals surface area contributed by atoms with Crippen LogP contribution < -0.4 is 5.32 Å². The van der Waals surface area contributed by atoms with Crippen LogP contribution in [0.5, 0.6) is 0 Å². The zero-order valence-corrected chi connectivity index (χ0v) is 14.9. The number of hydrogen-bond donors (Lipinski definition) is 1. The van der Waals surface area contributed by atoms with E-state index in [0.29, 0.717) is 11.6 Å². The zero-order valence-electron chi connectivity index (χ0n) is 14.9. The third kappa shape index (κ3) is 3.82. The lowest BCUT2D eigenvalue weighted by molar-refractivity contribution is 0.0946. The number of carbonyl (C=O) groups is 1. The number of rotatable bonds is 6. The van der Waals surface area contributed by atoms with Gasteiger partial charge in [-0.25, -0.2) is 4.68 Å². The van der Waals surface area contributed by atoms with Gasteiger partial charge < -0.3 is 5.32 Å². The van der Waals surface area contributed by atoms with E-state index in [0.717, 1.165) is 29.8 Å². The molecule has 2 aromatic heterocycles. The Balaban J connectivity index is 1.48. The van der Waals surface area contributed by atoms with Crippen LogP contribution in [0.1, 0.15) is 40.0 Å². The Kier molecular flexibility index (Phi) is 4.52. The molecule has 0 aliphatic heterocycles. The van der Waals surface area contributed by atoms with Crippen LogP contribution in [-0.2, 0) is 6.42 Å². The van der Waals surface area contributed by atoms with E-state index in [1.807, 2.05) is 29.9 Å². The highest BCUT2D eigenvalue weighted by atomic mass is 16.1. The lowest BCUT2D eigenvalue weighted by Crippen LogP contribution is -2.26. The summed E-state index contributed by atoms with van der Waals surface area (Å²) in [5.41, 5.74) is 4.95. The second-order valence-corrected chi connectivity index (χ2v) is 6.94. The Morgan fingerprint density at radius 1 is 1.27 bits per heavy atom. The summed E-state index contributed by atoms with van der Waals surface area (Å²) >= 11 is 0. The van der Waals surface area contributed by atoms with Crippen molar-refractivity contribution in [3.63, 3.8) is 0 Å². The van der Waals surface area contributed by atoms with Crippen LogP contribution in [0.3, 0.4) is 0 Å². The molecule has 5 heteroatoms. The fourth-order valence-electron chi connectivity index (χ4n) is 2.94. The second kappa shape index (κ2) is 7.12. The van der Waals surface area contributed by atoms with E-state index in [1.165, 1.54) is 18.4 Å². The molecular formula is C21H22N4O. The van der Waals surface area contributed by atoms with Gasteiger partial charge in [0.05, 0.1) is 5.69 Å². The van der Waals surface area contributed by atoms with Crippen molar-refractivity contribution < 1.29 is 4.79 Å². The Morgan fingerprint density at radius 3 is 2.77 bits per heavy atom. The average Bonchev–Trinajstić information content (AvgIpc) is 3.33. The van der Waals surface area contributed by atoms with Gasteiger partial charge in [-0.2, -0.15) is 5.10 Å². The number of benzene rings is 1. The van der Waals surface area contributed by atoms with Gasteiger partial charge >= 0.3 is 0 Å². The second-order valence-electron chi connectivity index (χ2n) is 6.94. The number of amides is 1. The van der Waals surface area contributed by atoms with Crippen LogP contribution in [0.25, 0.3) is 5.69 Å². The molecule has 132 valence electrons. The van der Waals surface area contributed by atoms with E-state index >= 15 is 0 Å². The molecule has 1 amide bonds. The largest absolute Gasteiger partial charge is 0.350 e. The number of hydrogen-bond acceptors (Lipinski definition) is 3. The first-order chi connectivity index (χ1) is 12.7. The Hall–Kier alpha value is -2.95. The molecule has 1 saturated carbocycles. The molecule has 26 heavy (non-hydrogen) atoms. The van der Waals surface area contributed by atoms with Gasteiger partial charge in [-0.3, -0.25) is 9.78 Å². The zero-order chi connectivity index (χ0) is 17.9. The molecule has 3 aromatic rings. The van der Waals surface area contributed by atoms with Crippen LogP contribution in [0.4, 0.5) is 0 Å². The molecule has 0 atom stereocenters. The lowest BCUT2D eigenvalue weighted by atomic mass is 10.0. The summed E-state index contributed by atoms with van der Waals surface area (Å²) in [6, 6.07) is 12.1. The maximum absolute atomic E-state index is 12.3. The van der Waals surface area contributed by atoms with E-state index in [2.05, 4.69) is 39.7 Å². The van der Waals surface area contributed by atoms with Gasteiger partial charge in [0.1, 0.15) is 5.69 Å². The van der Waals surface area contributed by atoms with E-state index in [-0.39, 0.29) is 5.91 Å². The minimum atomic E-state index is -0.0767. The maximum atomic E-state index is 12.3. The molecule has 1 N–H and O–H groups in total. The topological polar surface area (TPSA) is 59.8 Å². The van der Waals surface area contributed by atoms with Gasteiger partial charge in [-0.1, -0.05) is 12.1 Å². The van der Waals surface area contributed by atoms with Gasteiger partial charge in [0.25, 0.3) is 5.91 Å². The molecule has 4 rings (SSSR count). The number of pyridine rings is 1. The standard InChI is InChI=1S/C21H22N4O/c1-15-13-22-20(21(26)23-14-17-3-4-17)12-18(15)11-16-5-7-19(8-6-16)25-10-2-9-24-25/h2,5-10,12-13,17H,3-4,11,14H2,1H3,(H,23,26). The number of nitrogens with one attached hydrogen (secondary N) is 1. The minimum Gasteiger partial charge on any atom is -0.350 e. The molecule has 1 aliphatic carbocycles. The molecule has 0 spiro atoms. The van der Waals surface area contributed by atoms with Crippen LogP contribution in [0.15, 0.2) is 55.0 Å². The summed E-state index contributed by atoms with van der Waals surface area (Å²) < 4.78 is 1.84. The quantitative estimate of drug-likeness (QED) is 0.745. The van der Waals surface area contributed by atoms with Crippen LogP contribution in [0, 0.1) is 12.8 Å². The molecule has 2 heterocycles. The highest BCUT2D eigenvalue weighted by Crippen LogP contribution is 2.27. The van der Waals surface area contributed by atoms with E-state index < -0.39 is 0 Å². The van der Waals surface area contributed by atoms with Crippen molar-refractivity contribution in [1.82, 2.24) is 20.1 Å². The molecule has 0 radical (unpaired) electrons. The predicted molar refractivity (Wildman–Crippen MR) is 100 cm³/mol. The van der Waals surface area contributed by atoms with E-state index in [4.69, 9.17) is 0 Å². The highest BCUT2D eigenvalue weighted by molar-refractivity contribution is 5.92. The molecule has 1 fully saturated rings. The van der Waals surface area contributed by atoms with Crippen molar-refractivity contribution in [3.8, 4) is 5.69 Å². The van der Waals surface area contributed by atoms with Crippen molar-refractivity contribution in [3.05, 3.63) is 77.4 Å². The summed E-state index contributed by atoms with van der Waals surface area (Å²) in [5, 5.41) is 7.23. The maximum Gasteiger partial charge on any atom is 0.269 e. The Bertz CT molecular complexity index is 896.